The fraction of sp³-hybridized carbons (Fsp3) is 0.469. The Labute approximate surface area is 246 Å². The highest BCUT2D eigenvalue weighted by molar-refractivity contribution is 7.09. The zero-order valence-corrected chi connectivity index (χ0v) is 25.1. The molecule has 41 heavy (non-hydrogen) atoms. The average molecular weight is 577 g/mol. The number of aryl methyl sites for hydroxylation is 1. The summed E-state index contributed by atoms with van der Waals surface area (Å²) in [4.78, 5) is 37.9. The summed E-state index contributed by atoms with van der Waals surface area (Å²) in [6.45, 7) is 4.19. The maximum absolute atomic E-state index is 14.0. The number of benzene rings is 2. The lowest BCUT2D eigenvalue weighted by Crippen LogP contribution is -2.52. The number of fused-ring (bicyclic) bond motifs is 3. The van der Waals surface area contributed by atoms with Crippen LogP contribution in [0, 0.1) is 0 Å². The zero-order valence-electron chi connectivity index (χ0n) is 24.3. The van der Waals surface area contributed by atoms with E-state index in [1.54, 1.807) is 32.5 Å². The molecule has 2 amide bonds. The summed E-state index contributed by atoms with van der Waals surface area (Å²) >= 11 is 1.68. The van der Waals surface area contributed by atoms with Gasteiger partial charge in [0.25, 0.3) is 0 Å². The van der Waals surface area contributed by atoms with Crippen LogP contribution >= 0.6 is 11.3 Å². The Kier molecular flexibility index (Phi) is 9.57. The van der Waals surface area contributed by atoms with Crippen molar-refractivity contribution >= 4 is 28.8 Å². The predicted octanol–water partition coefficient (Wildman–Crippen LogP) is 5.30. The Morgan fingerprint density at radius 2 is 1.83 bits per heavy atom. The van der Waals surface area contributed by atoms with Crippen LogP contribution in [0.15, 0.2) is 54.0 Å². The van der Waals surface area contributed by atoms with Gasteiger partial charge in [-0.2, -0.15) is 0 Å². The van der Waals surface area contributed by atoms with Crippen LogP contribution in [0.2, 0.25) is 0 Å². The number of para-hydroxylation sites is 1. The van der Waals surface area contributed by atoms with Gasteiger partial charge in [-0.1, -0.05) is 30.7 Å². The number of piperidine rings is 1. The van der Waals surface area contributed by atoms with Crippen molar-refractivity contribution < 1.29 is 19.1 Å². The largest absolute Gasteiger partial charge is 0.493 e. The molecule has 8 nitrogen and oxygen atoms in total. The van der Waals surface area contributed by atoms with Gasteiger partial charge in [0, 0.05) is 62.3 Å². The molecule has 2 atom stereocenters. The molecule has 3 heterocycles. The molecular formula is C32H40N4O4S. The monoisotopic (exact) mass is 576 g/mol. The Hall–Kier alpha value is -3.43. The molecule has 1 aromatic heterocycles. The molecule has 1 saturated heterocycles. The summed E-state index contributed by atoms with van der Waals surface area (Å²) in [6.07, 6.45) is 6.99. The SMILES string of the molecule is COc1ccc(CCC(=O)N2Cc3ccccc3N(C(C)=O)CCC3CCCC(C2)N3Cc2nccs2)cc1OC. The minimum atomic E-state index is 0.0295. The Morgan fingerprint density at radius 1 is 1.02 bits per heavy atom. The summed E-state index contributed by atoms with van der Waals surface area (Å²) in [5.74, 6) is 1.48. The second-order valence-corrected chi connectivity index (χ2v) is 11.9. The summed E-state index contributed by atoms with van der Waals surface area (Å²) in [5, 5.41) is 3.12. The van der Waals surface area contributed by atoms with Crippen LogP contribution in [0.1, 0.15) is 55.2 Å². The molecule has 2 unspecified atom stereocenters. The molecule has 0 spiro atoms. The zero-order chi connectivity index (χ0) is 28.8. The second-order valence-electron chi connectivity index (χ2n) is 10.9. The second kappa shape index (κ2) is 13.5. The molecule has 0 radical (unpaired) electrons. The molecule has 218 valence electrons. The number of rotatable bonds is 7. The number of hydrogen-bond donors (Lipinski definition) is 0. The number of carbonyl (C=O) groups is 2. The van der Waals surface area contributed by atoms with Gasteiger partial charge in [0.1, 0.15) is 5.01 Å². The van der Waals surface area contributed by atoms with E-state index in [1.807, 2.05) is 57.8 Å². The minimum absolute atomic E-state index is 0.0295. The van der Waals surface area contributed by atoms with Crippen molar-refractivity contribution in [1.82, 2.24) is 14.8 Å². The number of hydrogen-bond acceptors (Lipinski definition) is 7. The van der Waals surface area contributed by atoms with Crippen LogP contribution in [0.3, 0.4) is 0 Å². The van der Waals surface area contributed by atoms with Crippen molar-refractivity contribution in [2.24, 2.45) is 0 Å². The van der Waals surface area contributed by atoms with Crippen LogP contribution in [-0.4, -0.2) is 66.0 Å². The van der Waals surface area contributed by atoms with Gasteiger partial charge in [-0.25, -0.2) is 4.98 Å². The first-order valence-corrected chi connectivity index (χ1v) is 15.3. The maximum Gasteiger partial charge on any atom is 0.223 e. The molecule has 2 aliphatic rings. The van der Waals surface area contributed by atoms with E-state index in [0.29, 0.717) is 50.0 Å². The lowest BCUT2D eigenvalue weighted by atomic mass is 9.92. The molecule has 0 N–H and O–H groups in total. The van der Waals surface area contributed by atoms with E-state index >= 15 is 0 Å². The van der Waals surface area contributed by atoms with Crippen molar-refractivity contribution in [3.8, 4) is 11.5 Å². The number of anilines is 1. The van der Waals surface area contributed by atoms with E-state index in [-0.39, 0.29) is 17.9 Å². The third-order valence-electron chi connectivity index (χ3n) is 8.38. The van der Waals surface area contributed by atoms with Gasteiger partial charge in [-0.15, -0.1) is 11.3 Å². The molecule has 3 aromatic rings. The normalized spacial score (nSPS) is 19.7. The first kappa shape index (κ1) is 29.1. The maximum atomic E-state index is 14.0. The Bertz CT molecular complexity index is 1330. The van der Waals surface area contributed by atoms with E-state index in [4.69, 9.17) is 9.47 Å². The summed E-state index contributed by atoms with van der Waals surface area (Å²) in [7, 11) is 3.24. The first-order valence-electron chi connectivity index (χ1n) is 14.5. The molecular weight excluding hydrogens is 536 g/mol. The molecule has 0 aliphatic carbocycles. The van der Waals surface area contributed by atoms with Gasteiger partial charge < -0.3 is 19.3 Å². The summed E-state index contributed by atoms with van der Waals surface area (Å²) in [6, 6.07) is 14.4. The lowest BCUT2D eigenvalue weighted by molar-refractivity contribution is -0.133. The van der Waals surface area contributed by atoms with Gasteiger partial charge in [0.05, 0.1) is 20.8 Å². The van der Waals surface area contributed by atoms with Crippen LogP contribution < -0.4 is 14.4 Å². The molecule has 0 saturated carbocycles. The third kappa shape index (κ3) is 6.90. The van der Waals surface area contributed by atoms with Crippen LogP contribution in [0.4, 0.5) is 5.69 Å². The number of thiazole rings is 1. The average Bonchev–Trinajstić information content (AvgIpc) is 3.50. The standard InChI is InChI=1S/C32H40N4O4S/c1-23(37)35-17-15-26-8-6-9-27(36(26)22-31-33-16-18-41-31)21-34(20-25-7-4-5-10-28(25)35)32(38)14-12-24-11-13-29(39-2)30(19-24)40-3/h4-5,7,10-11,13,16,18-19,26-27H,6,8-9,12,14-15,17,20-22H2,1-3H3. The van der Waals surface area contributed by atoms with E-state index in [2.05, 4.69) is 16.0 Å². The van der Waals surface area contributed by atoms with Crippen molar-refractivity contribution in [3.63, 3.8) is 0 Å². The van der Waals surface area contributed by atoms with Gasteiger partial charge >= 0.3 is 0 Å². The Morgan fingerprint density at radius 3 is 2.59 bits per heavy atom. The highest BCUT2D eigenvalue weighted by atomic mass is 32.1. The highest BCUT2D eigenvalue weighted by Gasteiger charge is 2.35. The molecule has 2 aromatic carbocycles. The lowest BCUT2D eigenvalue weighted by Gasteiger charge is -2.43. The predicted molar refractivity (Wildman–Crippen MR) is 161 cm³/mol. The third-order valence-corrected chi connectivity index (χ3v) is 9.15. The molecule has 9 heteroatoms. The number of carbonyl (C=O) groups excluding carboxylic acids is 2. The first-order chi connectivity index (χ1) is 20.0. The van der Waals surface area contributed by atoms with Crippen molar-refractivity contribution in [2.45, 2.75) is 70.6 Å². The van der Waals surface area contributed by atoms with Crippen molar-refractivity contribution in [3.05, 3.63) is 70.2 Å². The molecule has 2 aliphatic heterocycles. The van der Waals surface area contributed by atoms with Crippen LogP contribution in [0.5, 0.6) is 11.5 Å². The van der Waals surface area contributed by atoms with Gasteiger partial charge in [-0.05, 0) is 55.0 Å². The van der Waals surface area contributed by atoms with Gasteiger partial charge in [-0.3, -0.25) is 14.5 Å². The fourth-order valence-corrected chi connectivity index (χ4v) is 6.89. The quantitative estimate of drug-likeness (QED) is 0.380. The molecule has 5 rings (SSSR count). The summed E-state index contributed by atoms with van der Waals surface area (Å²) in [5.41, 5.74) is 2.94. The number of methoxy groups -OCH3 is 2. The van der Waals surface area contributed by atoms with E-state index in [1.165, 1.54) is 0 Å². The summed E-state index contributed by atoms with van der Waals surface area (Å²) < 4.78 is 10.9. The highest BCUT2D eigenvalue weighted by Crippen LogP contribution is 2.32. The Balaban J connectivity index is 1.44. The smallest absolute Gasteiger partial charge is 0.223 e. The van der Waals surface area contributed by atoms with Crippen LogP contribution in [-0.2, 0) is 29.1 Å². The van der Waals surface area contributed by atoms with E-state index < -0.39 is 0 Å². The number of ether oxygens (including phenoxy) is 2. The topological polar surface area (TPSA) is 75.2 Å². The molecule has 1 fully saturated rings. The number of amides is 2. The molecule has 2 bridgehead atoms. The fourth-order valence-electron chi connectivity index (χ4n) is 6.26. The van der Waals surface area contributed by atoms with Gasteiger partial charge in [0.15, 0.2) is 11.5 Å². The van der Waals surface area contributed by atoms with Crippen molar-refractivity contribution in [1.29, 1.82) is 0 Å². The minimum Gasteiger partial charge on any atom is -0.493 e. The van der Waals surface area contributed by atoms with Crippen molar-refractivity contribution in [2.75, 3.05) is 32.2 Å². The number of aromatic nitrogens is 1. The van der Waals surface area contributed by atoms with E-state index in [9.17, 15) is 9.59 Å². The number of nitrogens with zero attached hydrogens (tertiary/aromatic N) is 4. The van der Waals surface area contributed by atoms with Gasteiger partial charge in [0.2, 0.25) is 11.8 Å². The van der Waals surface area contributed by atoms with Crippen LogP contribution in [0.25, 0.3) is 0 Å². The van der Waals surface area contributed by atoms with E-state index in [0.717, 1.165) is 54.0 Å².